The fourth-order valence-electron chi connectivity index (χ4n) is 1.80. The Morgan fingerprint density at radius 3 is 2.82 bits per heavy atom. The van der Waals surface area contributed by atoms with E-state index in [1.807, 2.05) is 12.1 Å². The Morgan fingerprint density at radius 2 is 2.00 bits per heavy atom. The minimum absolute atomic E-state index is 0.237. The van der Waals surface area contributed by atoms with Crippen molar-refractivity contribution in [2.24, 2.45) is 0 Å². The number of thiazole rings is 1. The minimum Gasteiger partial charge on any atom is -0.236 e. The van der Waals surface area contributed by atoms with Crippen LogP contribution in [0.25, 0.3) is 20.8 Å². The SMILES string of the molecule is Cc1cccc(-c2nc3cc(F)ccc3s2)c1. The summed E-state index contributed by atoms with van der Waals surface area (Å²) in [5, 5.41) is 0.939. The molecule has 0 saturated carbocycles. The maximum atomic E-state index is 13.1. The number of aromatic nitrogens is 1. The number of rotatable bonds is 1. The highest BCUT2D eigenvalue weighted by Crippen LogP contribution is 2.30. The molecule has 0 saturated heterocycles. The quantitative estimate of drug-likeness (QED) is 0.617. The second-order valence-electron chi connectivity index (χ2n) is 4.00. The molecular weight excluding hydrogens is 233 g/mol. The number of fused-ring (bicyclic) bond motifs is 1. The highest BCUT2D eigenvalue weighted by Gasteiger charge is 2.06. The van der Waals surface area contributed by atoms with E-state index in [2.05, 4.69) is 24.0 Å². The normalized spacial score (nSPS) is 10.9. The van der Waals surface area contributed by atoms with Gasteiger partial charge in [-0.3, -0.25) is 0 Å². The van der Waals surface area contributed by atoms with Crippen molar-refractivity contribution in [1.82, 2.24) is 4.98 Å². The van der Waals surface area contributed by atoms with Crippen LogP contribution < -0.4 is 0 Å². The van der Waals surface area contributed by atoms with Gasteiger partial charge < -0.3 is 0 Å². The van der Waals surface area contributed by atoms with Gasteiger partial charge in [0.25, 0.3) is 0 Å². The number of hydrogen-bond donors (Lipinski definition) is 0. The van der Waals surface area contributed by atoms with Crippen molar-refractivity contribution in [3.8, 4) is 10.6 Å². The largest absolute Gasteiger partial charge is 0.236 e. The van der Waals surface area contributed by atoms with Crippen LogP contribution in [0.15, 0.2) is 42.5 Å². The van der Waals surface area contributed by atoms with Crippen molar-refractivity contribution >= 4 is 21.6 Å². The van der Waals surface area contributed by atoms with Gasteiger partial charge in [0, 0.05) is 11.6 Å². The lowest BCUT2D eigenvalue weighted by molar-refractivity contribution is 0.629. The zero-order valence-electron chi connectivity index (χ0n) is 9.27. The second kappa shape index (κ2) is 3.93. The van der Waals surface area contributed by atoms with Gasteiger partial charge in [-0.05, 0) is 25.1 Å². The fourth-order valence-corrected chi connectivity index (χ4v) is 2.74. The molecule has 0 aliphatic carbocycles. The molecule has 1 nitrogen and oxygen atoms in total. The molecule has 0 aliphatic rings. The van der Waals surface area contributed by atoms with Crippen LogP contribution in [0.2, 0.25) is 0 Å². The van der Waals surface area contributed by atoms with Crippen LogP contribution in [0.3, 0.4) is 0 Å². The smallest absolute Gasteiger partial charge is 0.125 e. The van der Waals surface area contributed by atoms with E-state index < -0.39 is 0 Å². The molecule has 1 aromatic heterocycles. The Morgan fingerprint density at radius 1 is 1.12 bits per heavy atom. The first-order valence-electron chi connectivity index (χ1n) is 5.35. The molecule has 0 radical (unpaired) electrons. The van der Waals surface area contributed by atoms with E-state index in [4.69, 9.17) is 0 Å². The summed E-state index contributed by atoms with van der Waals surface area (Å²) in [5.74, 6) is -0.237. The lowest BCUT2D eigenvalue weighted by atomic mass is 10.1. The molecule has 2 aromatic carbocycles. The molecule has 0 atom stereocenters. The van der Waals surface area contributed by atoms with Gasteiger partial charge in [-0.25, -0.2) is 9.37 Å². The lowest BCUT2D eigenvalue weighted by Crippen LogP contribution is -1.77. The van der Waals surface area contributed by atoms with Gasteiger partial charge in [0.1, 0.15) is 10.8 Å². The third-order valence-corrected chi connectivity index (χ3v) is 3.70. The molecule has 84 valence electrons. The summed E-state index contributed by atoms with van der Waals surface area (Å²) < 4.78 is 14.1. The third-order valence-electron chi connectivity index (χ3n) is 2.61. The molecule has 3 rings (SSSR count). The maximum Gasteiger partial charge on any atom is 0.125 e. The van der Waals surface area contributed by atoms with Crippen LogP contribution in [0, 0.1) is 12.7 Å². The zero-order valence-corrected chi connectivity index (χ0v) is 10.1. The summed E-state index contributed by atoms with van der Waals surface area (Å²) in [6, 6.07) is 12.9. The number of hydrogen-bond acceptors (Lipinski definition) is 2. The first-order chi connectivity index (χ1) is 8.22. The summed E-state index contributed by atoms with van der Waals surface area (Å²) in [4.78, 5) is 4.46. The molecule has 17 heavy (non-hydrogen) atoms. The highest BCUT2D eigenvalue weighted by atomic mass is 32.1. The molecular formula is C14H10FNS. The van der Waals surface area contributed by atoms with E-state index in [-0.39, 0.29) is 5.82 Å². The van der Waals surface area contributed by atoms with Crippen LogP contribution in [0.4, 0.5) is 4.39 Å². The topological polar surface area (TPSA) is 12.9 Å². The van der Waals surface area contributed by atoms with E-state index in [0.717, 1.165) is 20.8 Å². The molecule has 1 heterocycles. The number of benzene rings is 2. The summed E-state index contributed by atoms with van der Waals surface area (Å²) in [7, 11) is 0. The number of nitrogens with zero attached hydrogens (tertiary/aromatic N) is 1. The third kappa shape index (κ3) is 1.94. The molecule has 0 fully saturated rings. The van der Waals surface area contributed by atoms with Crippen molar-refractivity contribution in [3.05, 3.63) is 53.8 Å². The monoisotopic (exact) mass is 243 g/mol. The first kappa shape index (κ1) is 10.4. The van der Waals surface area contributed by atoms with Crippen LogP contribution in [-0.4, -0.2) is 4.98 Å². The fraction of sp³-hybridized carbons (Fsp3) is 0.0714. The van der Waals surface area contributed by atoms with Crippen LogP contribution >= 0.6 is 11.3 Å². The second-order valence-corrected chi connectivity index (χ2v) is 5.03. The molecule has 0 spiro atoms. The Labute approximate surface area is 103 Å². The summed E-state index contributed by atoms with van der Waals surface area (Å²) in [5.41, 5.74) is 3.02. The summed E-state index contributed by atoms with van der Waals surface area (Å²) in [6.45, 7) is 2.05. The first-order valence-corrected chi connectivity index (χ1v) is 6.17. The predicted molar refractivity (Wildman–Crippen MR) is 69.8 cm³/mol. The van der Waals surface area contributed by atoms with E-state index in [0.29, 0.717) is 0 Å². The molecule has 0 unspecified atom stereocenters. The maximum absolute atomic E-state index is 13.1. The van der Waals surface area contributed by atoms with Crippen molar-refractivity contribution in [1.29, 1.82) is 0 Å². The minimum atomic E-state index is -0.237. The molecule has 3 heteroatoms. The average molecular weight is 243 g/mol. The van der Waals surface area contributed by atoms with E-state index in [1.54, 1.807) is 17.4 Å². The predicted octanol–water partition coefficient (Wildman–Crippen LogP) is 4.41. The van der Waals surface area contributed by atoms with Crippen molar-refractivity contribution in [2.45, 2.75) is 6.92 Å². The Kier molecular flexibility index (Phi) is 2.41. The van der Waals surface area contributed by atoms with E-state index in [9.17, 15) is 4.39 Å². The van der Waals surface area contributed by atoms with Crippen molar-refractivity contribution < 1.29 is 4.39 Å². The lowest BCUT2D eigenvalue weighted by Gasteiger charge is -1.96. The zero-order chi connectivity index (χ0) is 11.8. The molecule has 0 aliphatic heterocycles. The Bertz CT molecular complexity index is 688. The molecule has 0 N–H and O–H groups in total. The van der Waals surface area contributed by atoms with Crippen LogP contribution in [-0.2, 0) is 0 Å². The van der Waals surface area contributed by atoms with Gasteiger partial charge in [-0.2, -0.15) is 0 Å². The summed E-state index contributed by atoms with van der Waals surface area (Å²) in [6.07, 6.45) is 0. The average Bonchev–Trinajstić information content (AvgIpc) is 2.72. The van der Waals surface area contributed by atoms with E-state index >= 15 is 0 Å². The molecule has 0 bridgehead atoms. The Balaban J connectivity index is 2.18. The van der Waals surface area contributed by atoms with Gasteiger partial charge in [-0.15, -0.1) is 11.3 Å². The van der Waals surface area contributed by atoms with Crippen LogP contribution in [0.5, 0.6) is 0 Å². The van der Waals surface area contributed by atoms with Gasteiger partial charge in [-0.1, -0.05) is 23.8 Å². The van der Waals surface area contributed by atoms with Crippen molar-refractivity contribution in [2.75, 3.05) is 0 Å². The Hall–Kier alpha value is -1.74. The standard InChI is InChI=1S/C14H10FNS/c1-9-3-2-4-10(7-9)14-16-12-8-11(15)5-6-13(12)17-14/h2-8H,1H3. The van der Waals surface area contributed by atoms with Crippen LogP contribution in [0.1, 0.15) is 5.56 Å². The van der Waals surface area contributed by atoms with Gasteiger partial charge in [0.05, 0.1) is 10.2 Å². The number of aryl methyl sites for hydroxylation is 1. The van der Waals surface area contributed by atoms with E-state index in [1.165, 1.54) is 17.7 Å². The van der Waals surface area contributed by atoms with Crippen molar-refractivity contribution in [3.63, 3.8) is 0 Å². The highest BCUT2D eigenvalue weighted by molar-refractivity contribution is 7.21. The summed E-state index contributed by atoms with van der Waals surface area (Å²) >= 11 is 1.59. The van der Waals surface area contributed by atoms with Gasteiger partial charge in [0.2, 0.25) is 0 Å². The van der Waals surface area contributed by atoms with Gasteiger partial charge >= 0.3 is 0 Å². The van der Waals surface area contributed by atoms with Gasteiger partial charge in [0.15, 0.2) is 0 Å². The number of halogens is 1. The molecule has 3 aromatic rings. The molecule has 0 amide bonds.